The summed E-state index contributed by atoms with van der Waals surface area (Å²) in [5, 5.41) is 7.04. The summed E-state index contributed by atoms with van der Waals surface area (Å²) in [5.74, 6) is 0.194. The standard InChI is InChI=1S/C14H20N4O/c15-12(19)11-3-1-7-16-13(11)18-10-4-8-17-14(9-10)5-2-6-14/h1,3,7,10,17H,2,4-6,8-9H2,(H2,15,19)(H,16,18). The number of carbonyl (C=O) groups is 1. The predicted octanol–water partition coefficient (Wildman–Crippen LogP) is 1.27. The fraction of sp³-hybridized carbons (Fsp3) is 0.571. The smallest absolute Gasteiger partial charge is 0.252 e. The van der Waals surface area contributed by atoms with Crippen molar-refractivity contribution in [3.05, 3.63) is 23.9 Å². The number of nitrogens with two attached hydrogens (primary N) is 1. The number of carbonyl (C=O) groups excluding carboxylic acids is 1. The number of primary amides is 1. The van der Waals surface area contributed by atoms with Gasteiger partial charge in [-0.2, -0.15) is 0 Å². The Labute approximate surface area is 113 Å². The van der Waals surface area contributed by atoms with Crippen molar-refractivity contribution in [1.82, 2.24) is 10.3 Å². The predicted molar refractivity (Wildman–Crippen MR) is 74.0 cm³/mol. The molecule has 4 N–H and O–H groups in total. The number of hydrogen-bond donors (Lipinski definition) is 3. The number of aromatic nitrogens is 1. The number of nitrogens with one attached hydrogen (secondary N) is 2. The first kappa shape index (κ1) is 12.4. The van der Waals surface area contributed by atoms with Crippen LogP contribution in [0.1, 0.15) is 42.5 Å². The highest BCUT2D eigenvalue weighted by Crippen LogP contribution is 2.38. The number of pyridine rings is 1. The monoisotopic (exact) mass is 260 g/mol. The van der Waals surface area contributed by atoms with E-state index in [-0.39, 0.29) is 0 Å². The van der Waals surface area contributed by atoms with E-state index in [0.717, 1.165) is 19.4 Å². The second-order valence-corrected chi connectivity index (χ2v) is 5.66. The minimum absolute atomic E-state index is 0.331. The second-order valence-electron chi connectivity index (χ2n) is 5.66. The Kier molecular flexibility index (Phi) is 3.14. The zero-order chi connectivity index (χ0) is 13.3. The van der Waals surface area contributed by atoms with E-state index in [1.54, 1.807) is 18.3 Å². The van der Waals surface area contributed by atoms with Gasteiger partial charge in [-0.3, -0.25) is 4.79 Å². The Morgan fingerprint density at radius 3 is 3.05 bits per heavy atom. The molecular weight excluding hydrogens is 240 g/mol. The van der Waals surface area contributed by atoms with E-state index < -0.39 is 5.91 Å². The Hall–Kier alpha value is -1.62. The van der Waals surface area contributed by atoms with Gasteiger partial charge < -0.3 is 16.4 Å². The Bertz CT molecular complexity index is 484. The van der Waals surface area contributed by atoms with E-state index in [1.165, 1.54) is 19.3 Å². The molecule has 1 aromatic rings. The van der Waals surface area contributed by atoms with Gasteiger partial charge in [-0.25, -0.2) is 4.98 Å². The molecule has 1 aliphatic carbocycles. The van der Waals surface area contributed by atoms with E-state index in [4.69, 9.17) is 5.73 Å². The molecular formula is C14H20N4O. The van der Waals surface area contributed by atoms with Crippen molar-refractivity contribution in [3.63, 3.8) is 0 Å². The third-order valence-electron chi connectivity index (χ3n) is 4.35. The molecule has 1 saturated heterocycles. The minimum Gasteiger partial charge on any atom is -0.367 e. The Balaban J connectivity index is 1.72. The molecule has 5 nitrogen and oxygen atoms in total. The molecule has 0 aromatic carbocycles. The Morgan fingerprint density at radius 1 is 1.53 bits per heavy atom. The lowest BCUT2D eigenvalue weighted by Gasteiger charge is -2.48. The zero-order valence-electron chi connectivity index (χ0n) is 11.0. The summed E-state index contributed by atoms with van der Waals surface area (Å²) in [7, 11) is 0. The molecule has 0 radical (unpaired) electrons. The highest BCUT2D eigenvalue weighted by atomic mass is 16.1. The zero-order valence-corrected chi connectivity index (χ0v) is 11.0. The Morgan fingerprint density at radius 2 is 2.37 bits per heavy atom. The van der Waals surface area contributed by atoms with Crippen LogP contribution < -0.4 is 16.4 Å². The molecule has 2 aliphatic rings. The van der Waals surface area contributed by atoms with Crippen LogP contribution in [0.3, 0.4) is 0 Å². The summed E-state index contributed by atoms with van der Waals surface area (Å²) < 4.78 is 0. The van der Waals surface area contributed by atoms with Crippen molar-refractivity contribution in [1.29, 1.82) is 0 Å². The summed E-state index contributed by atoms with van der Waals surface area (Å²) in [5.41, 5.74) is 6.19. The summed E-state index contributed by atoms with van der Waals surface area (Å²) in [6, 6.07) is 3.83. The van der Waals surface area contributed by atoms with Gasteiger partial charge in [-0.15, -0.1) is 0 Å². The van der Waals surface area contributed by atoms with E-state index in [2.05, 4.69) is 15.6 Å². The van der Waals surface area contributed by atoms with Crippen LogP contribution in [-0.2, 0) is 0 Å². The molecule has 0 bridgehead atoms. The first-order chi connectivity index (χ1) is 9.19. The van der Waals surface area contributed by atoms with Crippen LogP contribution in [0.15, 0.2) is 18.3 Å². The van der Waals surface area contributed by atoms with Gasteiger partial charge in [-0.1, -0.05) is 0 Å². The van der Waals surface area contributed by atoms with E-state index in [1.807, 2.05) is 0 Å². The lowest BCUT2D eigenvalue weighted by Crippen LogP contribution is -2.58. The van der Waals surface area contributed by atoms with Gasteiger partial charge in [0, 0.05) is 17.8 Å². The lowest BCUT2D eigenvalue weighted by atomic mass is 9.70. The normalized spacial score (nSPS) is 24.7. The van der Waals surface area contributed by atoms with Gasteiger partial charge >= 0.3 is 0 Å². The molecule has 2 fully saturated rings. The highest BCUT2D eigenvalue weighted by molar-refractivity contribution is 5.97. The SMILES string of the molecule is NC(=O)c1cccnc1NC1CCNC2(CCC2)C1. The fourth-order valence-corrected chi connectivity index (χ4v) is 3.18. The van der Waals surface area contributed by atoms with Crippen LogP contribution >= 0.6 is 0 Å². The van der Waals surface area contributed by atoms with Gasteiger partial charge in [0.1, 0.15) is 5.82 Å². The van der Waals surface area contributed by atoms with Crippen LogP contribution in [0.5, 0.6) is 0 Å². The lowest BCUT2D eigenvalue weighted by molar-refractivity contribution is 0.100. The molecule has 1 saturated carbocycles. The number of piperidine rings is 1. The van der Waals surface area contributed by atoms with Crippen molar-refractivity contribution in [2.45, 2.75) is 43.7 Å². The quantitative estimate of drug-likeness (QED) is 0.764. The maximum Gasteiger partial charge on any atom is 0.252 e. The molecule has 5 heteroatoms. The van der Waals surface area contributed by atoms with Crippen molar-refractivity contribution < 1.29 is 4.79 Å². The molecule has 1 spiro atoms. The third kappa shape index (κ3) is 2.42. The molecule has 102 valence electrons. The van der Waals surface area contributed by atoms with Crippen LogP contribution in [0, 0.1) is 0 Å². The maximum atomic E-state index is 11.4. The first-order valence-electron chi connectivity index (χ1n) is 6.95. The number of hydrogen-bond acceptors (Lipinski definition) is 4. The summed E-state index contributed by atoms with van der Waals surface area (Å²) in [6.07, 6.45) is 7.68. The van der Waals surface area contributed by atoms with Crippen molar-refractivity contribution in [2.75, 3.05) is 11.9 Å². The topological polar surface area (TPSA) is 80.0 Å². The molecule has 1 atom stereocenters. The maximum absolute atomic E-state index is 11.4. The van der Waals surface area contributed by atoms with Gasteiger partial charge in [0.15, 0.2) is 0 Å². The first-order valence-corrected chi connectivity index (χ1v) is 6.95. The van der Waals surface area contributed by atoms with E-state index in [9.17, 15) is 4.79 Å². The average Bonchev–Trinajstić information content (AvgIpc) is 2.37. The van der Waals surface area contributed by atoms with E-state index in [0.29, 0.717) is 23.0 Å². The fourth-order valence-electron chi connectivity index (χ4n) is 3.18. The van der Waals surface area contributed by atoms with Crippen molar-refractivity contribution in [2.24, 2.45) is 5.73 Å². The van der Waals surface area contributed by atoms with Gasteiger partial charge in [0.05, 0.1) is 5.56 Å². The average molecular weight is 260 g/mol. The van der Waals surface area contributed by atoms with Gasteiger partial charge in [0.2, 0.25) is 0 Å². The number of amides is 1. The molecule has 3 rings (SSSR count). The van der Waals surface area contributed by atoms with Gasteiger partial charge in [-0.05, 0) is 50.8 Å². The summed E-state index contributed by atoms with van der Waals surface area (Å²) in [6.45, 7) is 1.02. The van der Waals surface area contributed by atoms with Crippen LogP contribution in [0.4, 0.5) is 5.82 Å². The molecule has 1 aliphatic heterocycles. The molecule has 1 amide bonds. The third-order valence-corrected chi connectivity index (χ3v) is 4.35. The second kappa shape index (κ2) is 4.81. The summed E-state index contributed by atoms with van der Waals surface area (Å²) >= 11 is 0. The van der Waals surface area contributed by atoms with Crippen LogP contribution in [0.2, 0.25) is 0 Å². The van der Waals surface area contributed by atoms with Gasteiger partial charge in [0.25, 0.3) is 5.91 Å². The number of anilines is 1. The largest absolute Gasteiger partial charge is 0.367 e. The van der Waals surface area contributed by atoms with Crippen LogP contribution in [0.25, 0.3) is 0 Å². The number of rotatable bonds is 3. The summed E-state index contributed by atoms with van der Waals surface area (Å²) in [4.78, 5) is 15.6. The molecule has 19 heavy (non-hydrogen) atoms. The van der Waals surface area contributed by atoms with Crippen molar-refractivity contribution >= 4 is 11.7 Å². The van der Waals surface area contributed by atoms with Crippen LogP contribution in [-0.4, -0.2) is 29.0 Å². The molecule has 2 heterocycles. The molecule has 1 aromatic heterocycles. The number of nitrogens with zero attached hydrogens (tertiary/aromatic N) is 1. The van der Waals surface area contributed by atoms with E-state index >= 15 is 0 Å². The molecule has 1 unspecified atom stereocenters. The highest BCUT2D eigenvalue weighted by Gasteiger charge is 2.41. The van der Waals surface area contributed by atoms with Crippen molar-refractivity contribution in [3.8, 4) is 0 Å². The minimum atomic E-state index is -0.428.